The molecule has 0 unspecified atom stereocenters. The Morgan fingerprint density at radius 1 is 1.33 bits per heavy atom. The lowest BCUT2D eigenvalue weighted by atomic mass is 10.1. The van der Waals surface area contributed by atoms with Crippen molar-refractivity contribution in [2.24, 2.45) is 0 Å². The van der Waals surface area contributed by atoms with Crippen molar-refractivity contribution >= 4 is 34.4 Å². The van der Waals surface area contributed by atoms with Crippen LogP contribution in [-0.4, -0.2) is 14.7 Å². The van der Waals surface area contributed by atoms with E-state index < -0.39 is 0 Å². The maximum Gasteiger partial charge on any atom is 0.224 e. The molecular weight excluding hydrogens is 246 g/mol. The molecular formula is C13H17N3OS. The molecule has 0 radical (unpaired) electrons. The number of unbranched alkanes of at least 4 members (excludes halogenated alkanes) is 2. The molecule has 0 saturated carbocycles. The number of anilines is 1. The minimum Gasteiger partial charge on any atom is -0.324 e. The number of benzene rings is 1. The second-order valence-corrected chi connectivity index (χ2v) is 4.92. The van der Waals surface area contributed by atoms with Gasteiger partial charge in [-0.15, -0.1) is 0 Å². The van der Waals surface area contributed by atoms with Gasteiger partial charge in [0, 0.05) is 6.42 Å². The Bertz CT molecular complexity index is 550. The molecule has 1 amide bonds. The molecule has 18 heavy (non-hydrogen) atoms. The zero-order valence-corrected chi connectivity index (χ0v) is 11.5. The first-order valence-electron chi connectivity index (χ1n) is 6.24. The van der Waals surface area contributed by atoms with Gasteiger partial charge in [0.2, 0.25) is 5.91 Å². The molecule has 1 aromatic heterocycles. The summed E-state index contributed by atoms with van der Waals surface area (Å²) in [6.45, 7) is 4.10. The number of amides is 1. The van der Waals surface area contributed by atoms with Crippen molar-refractivity contribution in [3.8, 4) is 0 Å². The standard InChI is InChI=1S/C13H17N3OS/c1-3-4-5-6-11(17)14-12-9(2)7-8-10-13(12)16-18-15-10/h7-8H,3-6H2,1-2H3,(H,14,17). The summed E-state index contributed by atoms with van der Waals surface area (Å²) in [6, 6.07) is 3.90. The average Bonchev–Trinajstić information content (AvgIpc) is 2.82. The first-order chi connectivity index (χ1) is 8.72. The maximum absolute atomic E-state index is 11.8. The SMILES string of the molecule is CCCCCC(=O)Nc1c(C)ccc2nsnc12. The lowest BCUT2D eigenvalue weighted by Crippen LogP contribution is -2.12. The van der Waals surface area contributed by atoms with Crippen LogP contribution in [0.4, 0.5) is 5.69 Å². The number of nitrogens with zero attached hydrogens (tertiary/aromatic N) is 2. The number of hydrogen-bond donors (Lipinski definition) is 1. The number of carbonyl (C=O) groups excluding carboxylic acids is 1. The van der Waals surface area contributed by atoms with E-state index >= 15 is 0 Å². The zero-order chi connectivity index (χ0) is 13.0. The van der Waals surface area contributed by atoms with Crippen LogP contribution in [0.3, 0.4) is 0 Å². The van der Waals surface area contributed by atoms with Gasteiger partial charge in [-0.1, -0.05) is 25.8 Å². The van der Waals surface area contributed by atoms with E-state index in [0.717, 1.165) is 41.5 Å². The van der Waals surface area contributed by atoms with Crippen LogP contribution < -0.4 is 5.32 Å². The van der Waals surface area contributed by atoms with Crippen LogP contribution in [0.2, 0.25) is 0 Å². The predicted octanol–water partition coefficient (Wildman–Crippen LogP) is 3.52. The van der Waals surface area contributed by atoms with E-state index in [1.165, 1.54) is 11.7 Å². The fourth-order valence-electron chi connectivity index (χ4n) is 1.85. The summed E-state index contributed by atoms with van der Waals surface area (Å²) in [5.41, 5.74) is 3.47. The third-order valence-electron chi connectivity index (χ3n) is 2.91. The third-order valence-corrected chi connectivity index (χ3v) is 3.45. The van der Waals surface area contributed by atoms with Crippen molar-refractivity contribution in [1.29, 1.82) is 0 Å². The fraction of sp³-hybridized carbons (Fsp3) is 0.462. The average molecular weight is 263 g/mol. The Kier molecular flexibility index (Phi) is 4.25. The van der Waals surface area contributed by atoms with Gasteiger partial charge >= 0.3 is 0 Å². The zero-order valence-electron chi connectivity index (χ0n) is 10.7. The molecule has 2 rings (SSSR count). The van der Waals surface area contributed by atoms with Crippen molar-refractivity contribution in [1.82, 2.24) is 8.75 Å². The highest BCUT2D eigenvalue weighted by molar-refractivity contribution is 7.00. The Morgan fingerprint density at radius 2 is 2.17 bits per heavy atom. The van der Waals surface area contributed by atoms with Crippen LogP contribution in [-0.2, 0) is 4.79 Å². The van der Waals surface area contributed by atoms with E-state index in [1.54, 1.807) is 0 Å². The molecule has 1 aromatic carbocycles. The van der Waals surface area contributed by atoms with Crippen molar-refractivity contribution in [2.45, 2.75) is 39.5 Å². The maximum atomic E-state index is 11.8. The smallest absolute Gasteiger partial charge is 0.224 e. The quantitative estimate of drug-likeness (QED) is 0.840. The van der Waals surface area contributed by atoms with Gasteiger partial charge in [0.1, 0.15) is 11.0 Å². The van der Waals surface area contributed by atoms with Crippen molar-refractivity contribution in [3.63, 3.8) is 0 Å². The molecule has 0 atom stereocenters. The molecule has 0 aliphatic heterocycles. The summed E-state index contributed by atoms with van der Waals surface area (Å²) in [4.78, 5) is 11.8. The Hall–Kier alpha value is -1.49. The summed E-state index contributed by atoms with van der Waals surface area (Å²) in [7, 11) is 0. The number of aromatic nitrogens is 2. The van der Waals surface area contributed by atoms with E-state index in [1.807, 2.05) is 19.1 Å². The van der Waals surface area contributed by atoms with Crippen LogP contribution >= 0.6 is 11.7 Å². The number of aryl methyl sites for hydroxylation is 1. The highest BCUT2D eigenvalue weighted by atomic mass is 32.1. The minimum absolute atomic E-state index is 0.0621. The number of fused-ring (bicyclic) bond motifs is 1. The second kappa shape index (κ2) is 5.91. The molecule has 0 bridgehead atoms. The van der Waals surface area contributed by atoms with Gasteiger partial charge in [-0.05, 0) is 25.0 Å². The summed E-state index contributed by atoms with van der Waals surface area (Å²) in [5, 5.41) is 2.96. The minimum atomic E-state index is 0.0621. The van der Waals surface area contributed by atoms with Crippen LogP contribution in [0.25, 0.3) is 11.0 Å². The van der Waals surface area contributed by atoms with E-state index in [0.29, 0.717) is 6.42 Å². The van der Waals surface area contributed by atoms with E-state index in [2.05, 4.69) is 21.0 Å². The molecule has 4 nitrogen and oxygen atoms in total. The fourth-order valence-corrected chi connectivity index (χ4v) is 2.39. The Labute approximate surface area is 111 Å². The van der Waals surface area contributed by atoms with Gasteiger partial charge in [0.05, 0.1) is 17.4 Å². The second-order valence-electron chi connectivity index (χ2n) is 4.39. The summed E-state index contributed by atoms with van der Waals surface area (Å²) in [6.07, 6.45) is 3.72. The highest BCUT2D eigenvalue weighted by Gasteiger charge is 2.11. The van der Waals surface area contributed by atoms with Gasteiger partial charge in [0.25, 0.3) is 0 Å². The highest BCUT2D eigenvalue weighted by Crippen LogP contribution is 2.25. The Balaban J connectivity index is 2.13. The monoisotopic (exact) mass is 263 g/mol. The molecule has 0 aliphatic rings. The van der Waals surface area contributed by atoms with E-state index in [9.17, 15) is 4.79 Å². The summed E-state index contributed by atoms with van der Waals surface area (Å²) >= 11 is 1.17. The van der Waals surface area contributed by atoms with Gasteiger partial charge in [-0.25, -0.2) is 0 Å². The normalized spacial score (nSPS) is 10.8. The number of rotatable bonds is 5. The lowest BCUT2D eigenvalue weighted by molar-refractivity contribution is -0.116. The number of nitrogens with one attached hydrogen (secondary N) is 1. The van der Waals surface area contributed by atoms with Gasteiger partial charge in [-0.3, -0.25) is 4.79 Å². The van der Waals surface area contributed by atoms with Crippen LogP contribution in [0.5, 0.6) is 0 Å². The largest absolute Gasteiger partial charge is 0.324 e. The van der Waals surface area contributed by atoms with Crippen molar-refractivity contribution in [2.75, 3.05) is 5.32 Å². The molecule has 1 heterocycles. The van der Waals surface area contributed by atoms with Gasteiger partial charge in [-0.2, -0.15) is 8.75 Å². The van der Waals surface area contributed by atoms with Crippen LogP contribution in [0.15, 0.2) is 12.1 Å². The third kappa shape index (κ3) is 2.85. The summed E-state index contributed by atoms with van der Waals surface area (Å²) < 4.78 is 8.43. The van der Waals surface area contributed by atoms with Gasteiger partial charge < -0.3 is 5.32 Å². The van der Waals surface area contributed by atoms with E-state index in [-0.39, 0.29) is 5.91 Å². The first-order valence-corrected chi connectivity index (χ1v) is 6.97. The van der Waals surface area contributed by atoms with Crippen molar-refractivity contribution in [3.05, 3.63) is 17.7 Å². The van der Waals surface area contributed by atoms with Crippen molar-refractivity contribution < 1.29 is 4.79 Å². The number of hydrogen-bond acceptors (Lipinski definition) is 4. The molecule has 0 fully saturated rings. The topological polar surface area (TPSA) is 54.9 Å². The summed E-state index contributed by atoms with van der Waals surface area (Å²) in [5.74, 6) is 0.0621. The predicted molar refractivity (Wildman–Crippen MR) is 74.9 cm³/mol. The molecule has 0 spiro atoms. The molecule has 5 heteroatoms. The van der Waals surface area contributed by atoms with E-state index in [4.69, 9.17) is 0 Å². The van der Waals surface area contributed by atoms with Crippen LogP contribution in [0.1, 0.15) is 38.2 Å². The molecule has 1 N–H and O–H groups in total. The van der Waals surface area contributed by atoms with Gasteiger partial charge in [0.15, 0.2) is 0 Å². The molecule has 2 aromatic rings. The first kappa shape index (κ1) is 13.0. The lowest BCUT2D eigenvalue weighted by Gasteiger charge is -2.08. The molecule has 0 saturated heterocycles. The molecule has 96 valence electrons. The number of carbonyl (C=O) groups is 1. The Morgan fingerprint density at radius 3 is 2.94 bits per heavy atom. The van der Waals surface area contributed by atoms with Crippen LogP contribution in [0, 0.1) is 6.92 Å². The molecule has 0 aliphatic carbocycles.